The molecule has 2 aromatic heterocycles. The summed E-state index contributed by atoms with van der Waals surface area (Å²) in [7, 11) is 0. The van der Waals surface area contributed by atoms with Gasteiger partial charge in [0.1, 0.15) is 11.3 Å². The van der Waals surface area contributed by atoms with E-state index >= 15 is 0 Å². The maximum atomic E-state index is 13.5. The summed E-state index contributed by atoms with van der Waals surface area (Å²) < 4.78 is 48.2. The summed E-state index contributed by atoms with van der Waals surface area (Å²) in [6, 6.07) is 5.57. The van der Waals surface area contributed by atoms with Gasteiger partial charge in [-0.15, -0.1) is 0 Å². The molecule has 1 amide bonds. The molecule has 3 aromatic rings. The van der Waals surface area contributed by atoms with Crippen molar-refractivity contribution < 1.29 is 32.0 Å². The van der Waals surface area contributed by atoms with Gasteiger partial charge in [-0.2, -0.15) is 18.2 Å². The molecule has 34 heavy (non-hydrogen) atoms. The van der Waals surface area contributed by atoms with E-state index in [4.69, 9.17) is 16.1 Å². The van der Waals surface area contributed by atoms with Crippen molar-refractivity contribution in [3.05, 3.63) is 46.9 Å². The average Bonchev–Trinajstić information content (AvgIpc) is 3.43. The van der Waals surface area contributed by atoms with Crippen LogP contribution in [0.15, 0.2) is 35.0 Å². The Morgan fingerprint density at radius 1 is 1.29 bits per heavy atom. The van der Waals surface area contributed by atoms with E-state index < -0.39 is 23.8 Å². The third-order valence-electron chi connectivity index (χ3n) is 5.85. The normalized spacial score (nSPS) is 20.2. The Hall–Kier alpha value is -3.54. The highest BCUT2D eigenvalue weighted by atomic mass is 35.5. The maximum Gasteiger partial charge on any atom is 0.491 e. The smallest absolute Gasteiger partial charge is 0.419 e. The number of aromatic amines is 1. The molecule has 2 atom stereocenters. The summed E-state index contributed by atoms with van der Waals surface area (Å²) in [5.41, 5.74) is 0.747. The molecule has 0 unspecified atom stereocenters. The molecule has 2 N–H and O–H groups in total. The molecule has 178 valence electrons. The molecule has 2 aliphatic heterocycles. The van der Waals surface area contributed by atoms with Gasteiger partial charge in [-0.05, 0) is 31.0 Å². The lowest BCUT2D eigenvalue weighted by molar-refractivity contribution is -0.189. The Kier molecular flexibility index (Phi) is 5.47. The number of halogens is 4. The number of rotatable bonds is 3. The number of esters is 1. The minimum atomic E-state index is -5.19. The molecule has 0 aliphatic carbocycles. The minimum Gasteiger partial charge on any atom is -0.419 e. The van der Waals surface area contributed by atoms with Gasteiger partial charge in [0.2, 0.25) is 11.7 Å². The van der Waals surface area contributed by atoms with Crippen LogP contribution in [0, 0.1) is 0 Å². The van der Waals surface area contributed by atoms with Crippen molar-refractivity contribution in [1.29, 1.82) is 0 Å². The van der Waals surface area contributed by atoms with Crippen LogP contribution < -0.4 is 10.1 Å². The standard InChI is InChI=1S/C21H17ClF3N5O4/c22-11-6-14(26-7-11)17-28-18(34-29-17)10-4-5-12-8-27-13-2-1-3-15(33-20(32)21(23,24)25)16(13)19(31)30(12)9-10/h1-3,6-7,10,12,26-27H,4-5,8-9H2/t10-,12-/m0/s1. The van der Waals surface area contributed by atoms with Crippen molar-refractivity contribution in [2.45, 2.75) is 31.0 Å². The first-order valence-electron chi connectivity index (χ1n) is 10.4. The predicted octanol–water partition coefficient (Wildman–Crippen LogP) is 4.00. The number of fused-ring (bicyclic) bond motifs is 2. The highest BCUT2D eigenvalue weighted by Gasteiger charge is 2.43. The molecule has 0 spiro atoms. The van der Waals surface area contributed by atoms with Crippen LogP contribution in [0.5, 0.6) is 5.75 Å². The third kappa shape index (κ3) is 4.09. The zero-order valence-corrected chi connectivity index (χ0v) is 18.1. The van der Waals surface area contributed by atoms with Crippen LogP contribution in [-0.4, -0.2) is 57.2 Å². The number of nitrogens with zero attached hydrogens (tertiary/aromatic N) is 3. The van der Waals surface area contributed by atoms with Gasteiger partial charge in [0.15, 0.2) is 0 Å². The van der Waals surface area contributed by atoms with Crippen molar-refractivity contribution in [3.63, 3.8) is 0 Å². The number of hydrogen-bond acceptors (Lipinski definition) is 7. The topological polar surface area (TPSA) is 113 Å². The van der Waals surface area contributed by atoms with Crippen molar-refractivity contribution >= 4 is 29.2 Å². The van der Waals surface area contributed by atoms with E-state index in [1.165, 1.54) is 6.07 Å². The van der Waals surface area contributed by atoms with Gasteiger partial charge in [-0.3, -0.25) is 4.79 Å². The van der Waals surface area contributed by atoms with Gasteiger partial charge in [-0.25, -0.2) is 4.79 Å². The van der Waals surface area contributed by atoms with E-state index in [9.17, 15) is 22.8 Å². The quantitative estimate of drug-likeness (QED) is 0.417. The lowest BCUT2D eigenvalue weighted by atomic mass is 9.92. The zero-order chi connectivity index (χ0) is 24.0. The number of piperidine rings is 1. The zero-order valence-electron chi connectivity index (χ0n) is 17.4. The predicted molar refractivity (Wildman–Crippen MR) is 113 cm³/mol. The molecule has 9 nitrogen and oxygen atoms in total. The fourth-order valence-corrected chi connectivity index (χ4v) is 4.37. The Bertz CT molecular complexity index is 1260. The highest BCUT2D eigenvalue weighted by molar-refractivity contribution is 6.30. The number of aromatic nitrogens is 3. The molecule has 5 rings (SSSR count). The van der Waals surface area contributed by atoms with E-state index in [1.807, 2.05) is 0 Å². The summed E-state index contributed by atoms with van der Waals surface area (Å²) in [6.07, 6.45) is -2.35. The largest absolute Gasteiger partial charge is 0.491 e. The number of carbonyl (C=O) groups excluding carboxylic acids is 2. The van der Waals surface area contributed by atoms with Gasteiger partial charge in [0.25, 0.3) is 5.91 Å². The van der Waals surface area contributed by atoms with Gasteiger partial charge < -0.3 is 24.5 Å². The summed E-state index contributed by atoms with van der Waals surface area (Å²) in [5.74, 6) is -3.02. The molecule has 13 heteroatoms. The van der Waals surface area contributed by atoms with Crippen LogP contribution in [0.3, 0.4) is 0 Å². The molecule has 1 saturated heterocycles. The fraction of sp³-hybridized carbons (Fsp3) is 0.333. The van der Waals surface area contributed by atoms with Gasteiger partial charge in [0, 0.05) is 25.3 Å². The van der Waals surface area contributed by atoms with Crippen LogP contribution in [-0.2, 0) is 4.79 Å². The SMILES string of the molecule is O=C1c2c(cccc2OC(=O)C(F)(F)F)NC[C@@H]2CC[C@H](c3nc(-c4cc(Cl)c[nH]4)no3)CN12. The van der Waals surface area contributed by atoms with E-state index in [0.29, 0.717) is 47.5 Å². The van der Waals surface area contributed by atoms with Crippen molar-refractivity contribution in [2.24, 2.45) is 0 Å². The monoisotopic (exact) mass is 495 g/mol. The first-order chi connectivity index (χ1) is 16.2. The molecule has 4 heterocycles. The molecule has 2 aliphatic rings. The van der Waals surface area contributed by atoms with Crippen molar-refractivity contribution in [3.8, 4) is 17.3 Å². The van der Waals surface area contributed by atoms with Crippen LogP contribution in [0.2, 0.25) is 5.02 Å². The Morgan fingerprint density at radius 3 is 2.85 bits per heavy atom. The van der Waals surface area contributed by atoms with E-state index in [-0.39, 0.29) is 24.1 Å². The second-order valence-electron chi connectivity index (χ2n) is 8.02. The number of ether oxygens (including phenoxy) is 1. The van der Waals surface area contributed by atoms with E-state index in [1.54, 1.807) is 23.2 Å². The second kappa shape index (κ2) is 8.35. The number of amides is 1. The van der Waals surface area contributed by atoms with Crippen LogP contribution >= 0.6 is 11.6 Å². The Balaban J connectivity index is 1.41. The Labute approximate surface area is 195 Å². The van der Waals surface area contributed by atoms with E-state index in [2.05, 4.69) is 25.2 Å². The number of H-pyrrole nitrogens is 1. The number of alkyl halides is 3. The minimum absolute atomic E-state index is 0.129. The number of benzene rings is 1. The second-order valence-corrected chi connectivity index (χ2v) is 8.46. The van der Waals surface area contributed by atoms with Crippen molar-refractivity contribution in [1.82, 2.24) is 20.0 Å². The lowest BCUT2D eigenvalue weighted by Gasteiger charge is -2.37. The summed E-state index contributed by atoms with van der Waals surface area (Å²) in [4.78, 5) is 33.8. The van der Waals surface area contributed by atoms with Gasteiger partial charge in [-0.1, -0.05) is 22.8 Å². The van der Waals surface area contributed by atoms with Gasteiger partial charge in [0.05, 0.1) is 22.3 Å². The van der Waals surface area contributed by atoms with Crippen LogP contribution in [0.4, 0.5) is 18.9 Å². The molecule has 0 bridgehead atoms. The summed E-state index contributed by atoms with van der Waals surface area (Å²) in [5, 5.41) is 7.54. The molecule has 0 saturated carbocycles. The maximum absolute atomic E-state index is 13.5. The fourth-order valence-electron chi connectivity index (χ4n) is 4.21. The first kappa shape index (κ1) is 22.3. The first-order valence-corrected chi connectivity index (χ1v) is 10.7. The number of carbonyl (C=O) groups is 2. The highest BCUT2D eigenvalue weighted by Crippen LogP contribution is 2.37. The Morgan fingerprint density at radius 2 is 2.12 bits per heavy atom. The third-order valence-corrected chi connectivity index (χ3v) is 6.07. The van der Waals surface area contributed by atoms with Crippen LogP contribution in [0.25, 0.3) is 11.5 Å². The van der Waals surface area contributed by atoms with Gasteiger partial charge >= 0.3 is 12.1 Å². The summed E-state index contributed by atoms with van der Waals surface area (Å²) >= 11 is 5.92. The average molecular weight is 496 g/mol. The van der Waals surface area contributed by atoms with Crippen LogP contribution in [0.1, 0.15) is 35.0 Å². The van der Waals surface area contributed by atoms with Crippen molar-refractivity contribution in [2.75, 3.05) is 18.4 Å². The molecule has 1 fully saturated rings. The molecular weight excluding hydrogens is 479 g/mol. The molecule has 0 radical (unpaired) electrons. The number of nitrogens with one attached hydrogen (secondary N) is 2. The molecular formula is C21H17ClF3N5O4. The van der Waals surface area contributed by atoms with E-state index in [0.717, 1.165) is 6.07 Å². The number of hydrogen-bond donors (Lipinski definition) is 2. The number of anilines is 1. The molecule has 1 aromatic carbocycles. The lowest BCUT2D eigenvalue weighted by Crippen LogP contribution is -2.47. The summed E-state index contributed by atoms with van der Waals surface area (Å²) in [6.45, 7) is 0.595.